The van der Waals surface area contributed by atoms with Crippen molar-refractivity contribution in [2.45, 2.75) is 27.3 Å². The summed E-state index contributed by atoms with van der Waals surface area (Å²) in [4.78, 5) is 6.27. The molecule has 1 rings (SSSR count). The first-order chi connectivity index (χ1) is 9.40. The zero-order valence-electron chi connectivity index (χ0n) is 12.3. The smallest absolute Gasteiger partial charge is 0.128 e. The van der Waals surface area contributed by atoms with Crippen LogP contribution in [0.5, 0.6) is 5.75 Å². The molecule has 0 fully saturated rings. The molecule has 0 bridgehead atoms. The number of nitrogens with one attached hydrogen (secondary N) is 1. The van der Waals surface area contributed by atoms with E-state index in [9.17, 15) is 0 Å². The number of rotatable bonds is 5. The summed E-state index contributed by atoms with van der Waals surface area (Å²) in [7, 11) is 1.65. The van der Waals surface area contributed by atoms with Crippen molar-refractivity contribution in [2.75, 3.05) is 13.7 Å². The molecule has 5 nitrogen and oxygen atoms in total. The molecule has 3 N–H and O–H groups in total. The number of pyridine rings is 1. The van der Waals surface area contributed by atoms with E-state index in [1.807, 2.05) is 25.7 Å². The second-order valence-electron chi connectivity index (χ2n) is 4.47. The second kappa shape index (κ2) is 7.14. The van der Waals surface area contributed by atoms with E-state index in [2.05, 4.69) is 4.98 Å². The SMILES string of the molecule is CCN(Cc1ncc(C)c(OC)c1C)C(=N)/C=C(\N)Cl. The maximum Gasteiger partial charge on any atom is 0.128 e. The number of aromatic nitrogens is 1. The van der Waals surface area contributed by atoms with E-state index in [1.165, 1.54) is 6.08 Å². The van der Waals surface area contributed by atoms with Crippen LogP contribution in [0.1, 0.15) is 23.7 Å². The largest absolute Gasteiger partial charge is 0.496 e. The molecule has 1 aromatic heterocycles. The summed E-state index contributed by atoms with van der Waals surface area (Å²) in [5.74, 6) is 1.10. The normalized spacial score (nSPS) is 11.3. The lowest BCUT2D eigenvalue weighted by Gasteiger charge is -2.23. The maximum absolute atomic E-state index is 7.96. The van der Waals surface area contributed by atoms with Crippen LogP contribution in [0.3, 0.4) is 0 Å². The van der Waals surface area contributed by atoms with Gasteiger partial charge >= 0.3 is 0 Å². The summed E-state index contributed by atoms with van der Waals surface area (Å²) < 4.78 is 5.39. The van der Waals surface area contributed by atoms with Crippen molar-refractivity contribution in [2.24, 2.45) is 5.73 Å². The Morgan fingerprint density at radius 1 is 1.55 bits per heavy atom. The molecule has 0 aliphatic rings. The quantitative estimate of drug-likeness (QED) is 0.497. The van der Waals surface area contributed by atoms with E-state index in [-0.39, 0.29) is 11.0 Å². The molecular weight excluding hydrogens is 276 g/mol. The van der Waals surface area contributed by atoms with Gasteiger partial charge in [0.2, 0.25) is 0 Å². The minimum Gasteiger partial charge on any atom is -0.496 e. The zero-order valence-corrected chi connectivity index (χ0v) is 13.1. The third-order valence-corrected chi connectivity index (χ3v) is 3.20. The lowest BCUT2D eigenvalue weighted by atomic mass is 10.1. The molecule has 1 aromatic rings. The molecular formula is C14H21ClN4O. The minimum atomic E-state index is 0.0969. The Morgan fingerprint density at radius 3 is 2.70 bits per heavy atom. The van der Waals surface area contributed by atoms with Gasteiger partial charge in [0.15, 0.2) is 0 Å². The van der Waals surface area contributed by atoms with Gasteiger partial charge in [-0.1, -0.05) is 11.6 Å². The van der Waals surface area contributed by atoms with Gasteiger partial charge in [0.05, 0.1) is 19.3 Å². The number of methoxy groups -OCH3 is 1. The maximum atomic E-state index is 7.96. The fourth-order valence-corrected chi connectivity index (χ4v) is 2.10. The Balaban J connectivity index is 3.02. The van der Waals surface area contributed by atoms with E-state index < -0.39 is 0 Å². The Bertz CT molecular complexity index is 524. The van der Waals surface area contributed by atoms with Gasteiger partial charge in [-0.2, -0.15) is 0 Å². The number of ether oxygens (including phenoxy) is 1. The van der Waals surface area contributed by atoms with E-state index in [0.717, 1.165) is 22.6 Å². The van der Waals surface area contributed by atoms with Gasteiger partial charge in [0.25, 0.3) is 0 Å². The molecule has 0 aliphatic carbocycles. The van der Waals surface area contributed by atoms with Gasteiger partial charge in [0, 0.05) is 29.9 Å². The number of nitrogens with zero attached hydrogens (tertiary/aromatic N) is 2. The highest BCUT2D eigenvalue weighted by Crippen LogP contribution is 2.24. The van der Waals surface area contributed by atoms with Crippen molar-refractivity contribution in [3.8, 4) is 5.75 Å². The summed E-state index contributed by atoms with van der Waals surface area (Å²) in [5.41, 5.74) is 8.26. The average Bonchev–Trinajstić information content (AvgIpc) is 2.37. The minimum absolute atomic E-state index is 0.0969. The van der Waals surface area contributed by atoms with Crippen LogP contribution in [-0.4, -0.2) is 29.4 Å². The highest BCUT2D eigenvalue weighted by molar-refractivity contribution is 6.30. The van der Waals surface area contributed by atoms with Crippen LogP contribution < -0.4 is 10.5 Å². The van der Waals surface area contributed by atoms with Crippen LogP contribution >= 0.6 is 11.6 Å². The van der Waals surface area contributed by atoms with Crippen LogP contribution in [-0.2, 0) is 6.54 Å². The molecule has 0 atom stereocenters. The summed E-state index contributed by atoms with van der Waals surface area (Å²) in [6, 6.07) is 0. The van der Waals surface area contributed by atoms with Crippen LogP contribution in [0.4, 0.5) is 0 Å². The van der Waals surface area contributed by atoms with Crippen LogP contribution in [0, 0.1) is 19.3 Å². The van der Waals surface area contributed by atoms with Gasteiger partial charge in [-0.25, -0.2) is 0 Å². The lowest BCUT2D eigenvalue weighted by molar-refractivity contribution is 0.399. The Hall–Kier alpha value is -1.75. The first kappa shape index (κ1) is 16.3. The number of likely N-dealkylation sites (N-methyl/N-ethyl adjacent to an activating group) is 1. The number of hydrogen-bond acceptors (Lipinski definition) is 4. The number of nitrogens with two attached hydrogens (primary N) is 1. The van der Waals surface area contributed by atoms with Crippen molar-refractivity contribution < 1.29 is 4.74 Å². The predicted octanol–water partition coefficient (Wildman–Crippen LogP) is 2.55. The third-order valence-electron chi connectivity index (χ3n) is 3.09. The number of halogens is 1. The van der Waals surface area contributed by atoms with E-state index >= 15 is 0 Å². The van der Waals surface area contributed by atoms with Gasteiger partial charge in [-0.05, 0) is 20.8 Å². The van der Waals surface area contributed by atoms with Crippen molar-refractivity contribution in [3.63, 3.8) is 0 Å². The first-order valence-electron chi connectivity index (χ1n) is 6.35. The second-order valence-corrected chi connectivity index (χ2v) is 4.91. The molecule has 0 spiro atoms. The molecule has 0 radical (unpaired) electrons. The standard InChI is InChI=1S/C14H21ClN4O/c1-5-19(13(17)6-12(15)16)8-11-10(3)14(20-4)9(2)7-18-11/h6-7,17H,5,8,16H2,1-4H3/b12-6-,17-13?. The van der Waals surface area contributed by atoms with Crippen molar-refractivity contribution in [1.29, 1.82) is 5.41 Å². The third kappa shape index (κ3) is 3.87. The van der Waals surface area contributed by atoms with E-state index in [4.69, 9.17) is 27.5 Å². The van der Waals surface area contributed by atoms with Gasteiger partial charge in [-0.3, -0.25) is 10.4 Å². The summed E-state index contributed by atoms with van der Waals surface area (Å²) in [5, 5.41) is 8.06. The van der Waals surface area contributed by atoms with Crippen LogP contribution in [0.15, 0.2) is 17.4 Å². The van der Waals surface area contributed by atoms with Gasteiger partial charge < -0.3 is 15.4 Å². The fraction of sp³-hybridized carbons (Fsp3) is 0.429. The Morgan fingerprint density at radius 2 is 2.20 bits per heavy atom. The van der Waals surface area contributed by atoms with Gasteiger partial charge in [-0.15, -0.1) is 0 Å². The molecule has 0 amide bonds. The summed E-state index contributed by atoms with van der Waals surface area (Å²) in [6.07, 6.45) is 3.20. The van der Waals surface area contributed by atoms with Gasteiger partial charge in [0.1, 0.15) is 16.7 Å². The highest BCUT2D eigenvalue weighted by atomic mass is 35.5. The topological polar surface area (TPSA) is 75.2 Å². The van der Waals surface area contributed by atoms with E-state index in [0.29, 0.717) is 13.1 Å². The Kier molecular flexibility index (Phi) is 5.82. The first-order valence-corrected chi connectivity index (χ1v) is 6.73. The lowest BCUT2D eigenvalue weighted by Crippen LogP contribution is -2.29. The molecule has 0 saturated heterocycles. The average molecular weight is 297 g/mol. The molecule has 1 heterocycles. The molecule has 0 saturated carbocycles. The molecule has 0 unspecified atom stereocenters. The fourth-order valence-electron chi connectivity index (χ4n) is 2.00. The predicted molar refractivity (Wildman–Crippen MR) is 82.2 cm³/mol. The molecule has 110 valence electrons. The number of amidine groups is 1. The van der Waals surface area contributed by atoms with E-state index in [1.54, 1.807) is 13.3 Å². The monoisotopic (exact) mass is 296 g/mol. The molecule has 0 aromatic carbocycles. The van der Waals surface area contributed by atoms with Crippen molar-refractivity contribution in [3.05, 3.63) is 34.2 Å². The zero-order chi connectivity index (χ0) is 15.3. The number of aryl methyl sites for hydroxylation is 1. The molecule has 0 aliphatic heterocycles. The van der Waals surface area contributed by atoms with Crippen molar-refractivity contribution in [1.82, 2.24) is 9.88 Å². The summed E-state index contributed by atoms with van der Waals surface area (Å²) in [6.45, 7) is 7.07. The van der Waals surface area contributed by atoms with Crippen LogP contribution in [0.25, 0.3) is 0 Å². The molecule has 20 heavy (non-hydrogen) atoms. The summed E-state index contributed by atoms with van der Waals surface area (Å²) >= 11 is 5.61. The van der Waals surface area contributed by atoms with Crippen LogP contribution in [0.2, 0.25) is 0 Å². The number of hydrogen-bond donors (Lipinski definition) is 2. The molecule has 6 heteroatoms. The Labute approximate surface area is 124 Å². The highest BCUT2D eigenvalue weighted by Gasteiger charge is 2.13. The van der Waals surface area contributed by atoms with Crippen molar-refractivity contribution >= 4 is 17.4 Å².